The average molecular weight is 359 g/mol. The topological polar surface area (TPSA) is 12.0 Å². The van der Waals surface area contributed by atoms with Crippen molar-refractivity contribution >= 4 is 39.1 Å². The van der Waals surface area contributed by atoms with Gasteiger partial charge in [0, 0.05) is 14.5 Å². The summed E-state index contributed by atoms with van der Waals surface area (Å²) in [5.41, 5.74) is 2.25. The van der Waals surface area contributed by atoms with Crippen LogP contribution in [0.4, 0.5) is 0 Å². The van der Waals surface area contributed by atoms with Gasteiger partial charge in [-0.25, -0.2) is 0 Å². The molecule has 0 saturated carbocycles. The zero-order valence-electron chi connectivity index (χ0n) is 10.5. The number of rotatable bonds is 4. The Balaban J connectivity index is 2.41. The molecule has 0 heterocycles. The van der Waals surface area contributed by atoms with E-state index in [9.17, 15) is 0 Å². The Morgan fingerprint density at radius 3 is 2.11 bits per heavy atom. The fourth-order valence-corrected chi connectivity index (χ4v) is 2.84. The summed E-state index contributed by atoms with van der Waals surface area (Å²) in [5, 5.41) is 4.77. The van der Waals surface area contributed by atoms with Crippen molar-refractivity contribution in [3.8, 4) is 0 Å². The van der Waals surface area contributed by atoms with Crippen LogP contribution in [0.3, 0.4) is 0 Å². The molecule has 1 N–H and O–H groups in total. The summed E-state index contributed by atoms with van der Waals surface area (Å²) in [6, 6.07) is 14.0. The molecule has 1 nitrogen and oxygen atoms in total. The molecule has 0 aromatic heterocycles. The molecule has 0 amide bonds. The van der Waals surface area contributed by atoms with Crippen LogP contribution < -0.4 is 5.32 Å². The van der Waals surface area contributed by atoms with Crippen molar-refractivity contribution in [3.63, 3.8) is 0 Å². The third kappa shape index (κ3) is 3.96. The normalized spacial score (nSPS) is 12.4. The molecule has 0 fully saturated rings. The first-order valence-electron chi connectivity index (χ1n) is 6.05. The van der Waals surface area contributed by atoms with Crippen molar-refractivity contribution < 1.29 is 0 Å². The van der Waals surface area contributed by atoms with E-state index in [0.717, 1.165) is 16.6 Å². The maximum absolute atomic E-state index is 6.09. The summed E-state index contributed by atoms with van der Waals surface area (Å²) in [5.74, 6) is 0. The predicted octanol–water partition coefficient (Wildman–Crippen LogP) is 5.45. The van der Waals surface area contributed by atoms with E-state index in [2.05, 4.69) is 40.3 Å². The largest absolute Gasteiger partial charge is 0.307 e. The van der Waals surface area contributed by atoms with Gasteiger partial charge in [0.25, 0.3) is 0 Å². The van der Waals surface area contributed by atoms with E-state index >= 15 is 0 Å². The van der Waals surface area contributed by atoms with Gasteiger partial charge in [-0.2, -0.15) is 0 Å². The second kappa shape index (κ2) is 6.76. The molecule has 2 rings (SSSR count). The summed E-state index contributed by atoms with van der Waals surface area (Å²) in [6.45, 7) is 2.95. The van der Waals surface area contributed by atoms with Gasteiger partial charge in [-0.15, -0.1) is 0 Å². The van der Waals surface area contributed by atoms with Gasteiger partial charge in [-0.05, 0) is 48.0 Å². The van der Waals surface area contributed by atoms with Crippen LogP contribution in [-0.2, 0) is 0 Å². The maximum Gasteiger partial charge on any atom is 0.0577 e. The molecule has 2 aromatic rings. The minimum atomic E-state index is 0.0919. The molecular weight excluding hydrogens is 345 g/mol. The Labute approximate surface area is 132 Å². The fourth-order valence-electron chi connectivity index (χ4n) is 2.03. The zero-order valence-corrected chi connectivity index (χ0v) is 13.6. The fraction of sp³-hybridized carbons (Fsp3) is 0.200. The van der Waals surface area contributed by atoms with Crippen LogP contribution in [0.15, 0.2) is 46.9 Å². The summed E-state index contributed by atoms with van der Waals surface area (Å²) in [4.78, 5) is 0. The van der Waals surface area contributed by atoms with Crippen LogP contribution in [0, 0.1) is 0 Å². The minimum absolute atomic E-state index is 0.0919. The molecule has 0 aliphatic rings. The second-order valence-corrected chi connectivity index (χ2v) is 6.03. The highest BCUT2D eigenvalue weighted by atomic mass is 79.9. The van der Waals surface area contributed by atoms with E-state index in [1.165, 1.54) is 5.56 Å². The van der Waals surface area contributed by atoms with E-state index < -0.39 is 0 Å². The highest BCUT2D eigenvalue weighted by Gasteiger charge is 2.14. The van der Waals surface area contributed by atoms with Gasteiger partial charge in [-0.3, -0.25) is 0 Å². The van der Waals surface area contributed by atoms with Crippen LogP contribution in [0.1, 0.15) is 24.1 Å². The summed E-state index contributed by atoms with van der Waals surface area (Å²) in [6.07, 6.45) is 0. The molecule has 0 aliphatic carbocycles. The smallest absolute Gasteiger partial charge is 0.0577 e. The maximum atomic E-state index is 6.09. The summed E-state index contributed by atoms with van der Waals surface area (Å²) >= 11 is 15.6. The van der Waals surface area contributed by atoms with E-state index in [1.54, 1.807) is 6.07 Å². The van der Waals surface area contributed by atoms with E-state index in [1.807, 2.05) is 24.3 Å². The van der Waals surface area contributed by atoms with Crippen molar-refractivity contribution in [1.82, 2.24) is 5.32 Å². The van der Waals surface area contributed by atoms with Crippen molar-refractivity contribution in [2.45, 2.75) is 13.0 Å². The van der Waals surface area contributed by atoms with Gasteiger partial charge in [0.15, 0.2) is 0 Å². The van der Waals surface area contributed by atoms with Gasteiger partial charge in [0.1, 0.15) is 0 Å². The van der Waals surface area contributed by atoms with E-state index in [-0.39, 0.29) is 6.04 Å². The number of nitrogens with one attached hydrogen (secondary N) is 1. The molecule has 4 heteroatoms. The first-order valence-corrected chi connectivity index (χ1v) is 7.60. The first-order chi connectivity index (χ1) is 9.10. The number of hydrogen-bond donors (Lipinski definition) is 1. The monoisotopic (exact) mass is 357 g/mol. The molecule has 19 heavy (non-hydrogen) atoms. The Bertz CT molecular complexity index is 534. The summed E-state index contributed by atoms with van der Waals surface area (Å²) < 4.78 is 1.07. The van der Waals surface area contributed by atoms with Crippen LogP contribution in [0.25, 0.3) is 0 Å². The van der Waals surface area contributed by atoms with Crippen molar-refractivity contribution in [2.75, 3.05) is 6.54 Å². The van der Waals surface area contributed by atoms with Gasteiger partial charge in [0.05, 0.1) is 6.04 Å². The lowest BCUT2D eigenvalue weighted by molar-refractivity contribution is 0.630. The van der Waals surface area contributed by atoms with Gasteiger partial charge < -0.3 is 5.32 Å². The van der Waals surface area contributed by atoms with Gasteiger partial charge >= 0.3 is 0 Å². The highest BCUT2D eigenvalue weighted by Crippen LogP contribution is 2.28. The SMILES string of the molecule is CCNC(c1ccc(Br)cc1)c1cc(Cl)cc(Cl)c1. The molecular formula is C15H14BrCl2N. The lowest BCUT2D eigenvalue weighted by Gasteiger charge is -2.19. The average Bonchev–Trinajstić information content (AvgIpc) is 2.36. The lowest BCUT2D eigenvalue weighted by atomic mass is 9.99. The zero-order chi connectivity index (χ0) is 13.8. The lowest BCUT2D eigenvalue weighted by Crippen LogP contribution is -2.21. The molecule has 2 aromatic carbocycles. The molecule has 1 atom stereocenters. The Morgan fingerprint density at radius 2 is 1.58 bits per heavy atom. The first kappa shape index (κ1) is 14.9. The minimum Gasteiger partial charge on any atom is -0.307 e. The Morgan fingerprint density at radius 1 is 1.00 bits per heavy atom. The third-order valence-electron chi connectivity index (χ3n) is 2.83. The van der Waals surface area contributed by atoms with E-state index in [0.29, 0.717) is 10.0 Å². The second-order valence-electron chi connectivity index (χ2n) is 4.25. The predicted molar refractivity (Wildman–Crippen MR) is 86.1 cm³/mol. The molecule has 0 spiro atoms. The quantitative estimate of drug-likeness (QED) is 0.765. The standard InChI is InChI=1S/C15H14BrCl2N/c1-2-19-15(10-3-5-12(16)6-4-10)11-7-13(17)9-14(18)8-11/h3-9,15,19H,2H2,1H3. The van der Waals surface area contributed by atoms with Gasteiger partial charge in [-0.1, -0.05) is 58.2 Å². The third-order valence-corrected chi connectivity index (χ3v) is 3.79. The molecule has 0 bridgehead atoms. The Hall–Kier alpha value is -0.540. The van der Waals surface area contributed by atoms with Gasteiger partial charge in [0.2, 0.25) is 0 Å². The van der Waals surface area contributed by atoms with Crippen LogP contribution >= 0.6 is 39.1 Å². The summed E-state index contributed by atoms with van der Waals surface area (Å²) in [7, 11) is 0. The van der Waals surface area contributed by atoms with Crippen LogP contribution in [0.5, 0.6) is 0 Å². The molecule has 0 saturated heterocycles. The van der Waals surface area contributed by atoms with Crippen molar-refractivity contribution in [2.24, 2.45) is 0 Å². The van der Waals surface area contributed by atoms with Crippen LogP contribution in [0.2, 0.25) is 10.0 Å². The Kier molecular flexibility index (Phi) is 5.28. The van der Waals surface area contributed by atoms with Crippen molar-refractivity contribution in [1.29, 1.82) is 0 Å². The molecule has 0 radical (unpaired) electrons. The van der Waals surface area contributed by atoms with Crippen LogP contribution in [-0.4, -0.2) is 6.54 Å². The van der Waals surface area contributed by atoms with E-state index in [4.69, 9.17) is 23.2 Å². The van der Waals surface area contributed by atoms with Crippen molar-refractivity contribution in [3.05, 3.63) is 68.1 Å². The molecule has 100 valence electrons. The number of benzene rings is 2. The molecule has 1 unspecified atom stereocenters. The highest BCUT2D eigenvalue weighted by molar-refractivity contribution is 9.10. The number of halogens is 3. The molecule has 0 aliphatic heterocycles. The number of hydrogen-bond acceptors (Lipinski definition) is 1.